The molecule has 1 N–H and O–H groups in total. The molecule has 7 nitrogen and oxygen atoms in total. The van der Waals surface area contributed by atoms with Crippen LogP contribution in [0, 0.1) is 0 Å². The van der Waals surface area contributed by atoms with Crippen LogP contribution in [0.1, 0.15) is 36.5 Å². The summed E-state index contributed by atoms with van der Waals surface area (Å²) in [6.45, 7) is 4.82. The smallest absolute Gasteiger partial charge is 0.328 e. The van der Waals surface area contributed by atoms with Gasteiger partial charge in [-0.25, -0.2) is 4.79 Å². The third-order valence-corrected chi connectivity index (χ3v) is 5.57. The minimum atomic E-state index is -1.01. The number of benzene rings is 1. The summed E-state index contributed by atoms with van der Waals surface area (Å²) in [6, 6.07) is 6.32. The van der Waals surface area contributed by atoms with E-state index in [2.05, 4.69) is 11.8 Å². The van der Waals surface area contributed by atoms with E-state index in [9.17, 15) is 14.7 Å². The Morgan fingerprint density at radius 1 is 1.22 bits per heavy atom. The molecule has 1 atom stereocenters. The van der Waals surface area contributed by atoms with Gasteiger partial charge in [0.15, 0.2) is 6.04 Å². The molecular formula is C20H29N3O4. The molecular weight excluding hydrogens is 346 g/mol. The van der Waals surface area contributed by atoms with E-state index < -0.39 is 17.7 Å². The maximum absolute atomic E-state index is 13.3. The van der Waals surface area contributed by atoms with Crippen LogP contribution in [-0.4, -0.2) is 78.9 Å². The van der Waals surface area contributed by atoms with Crippen molar-refractivity contribution >= 4 is 17.6 Å². The number of hydrogen-bond donors (Lipinski definition) is 1. The molecule has 2 aliphatic heterocycles. The number of carboxylic acids is 1. The zero-order chi connectivity index (χ0) is 19.6. The number of carbonyl (C=O) groups excluding carboxylic acids is 1. The predicted molar refractivity (Wildman–Crippen MR) is 103 cm³/mol. The van der Waals surface area contributed by atoms with Gasteiger partial charge in [-0.3, -0.25) is 9.69 Å². The standard InChI is InChI=1S/C20H29N3O4/c1-4-11-22-12-9-20(10-13-22)23(17(14-27-20)19(25)26)18(24)15-5-7-16(8-6-15)21(2)3/h5-8,17H,4,9-14H2,1-3H3,(H,25,26)/t17-/m0/s1. The maximum Gasteiger partial charge on any atom is 0.328 e. The minimum absolute atomic E-state index is 0.0463. The van der Waals surface area contributed by atoms with Crippen LogP contribution in [0.25, 0.3) is 0 Å². The first-order valence-electron chi connectivity index (χ1n) is 9.58. The van der Waals surface area contributed by atoms with Crippen molar-refractivity contribution in [1.82, 2.24) is 9.80 Å². The van der Waals surface area contributed by atoms with E-state index in [1.54, 1.807) is 12.1 Å². The lowest BCUT2D eigenvalue weighted by molar-refractivity contribution is -0.143. The molecule has 148 valence electrons. The molecule has 0 unspecified atom stereocenters. The average molecular weight is 375 g/mol. The Hall–Kier alpha value is -2.12. The van der Waals surface area contributed by atoms with Crippen LogP contribution >= 0.6 is 0 Å². The van der Waals surface area contributed by atoms with Gasteiger partial charge in [-0.15, -0.1) is 0 Å². The van der Waals surface area contributed by atoms with E-state index >= 15 is 0 Å². The number of piperidine rings is 1. The van der Waals surface area contributed by atoms with Crippen molar-refractivity contribution in [3.8, 4) is 0 Å². The molecule has 0 aromatic heterocycles. The first kappa shape index (κ1) is 19.6. The zero-order valence-corrected chi connectivity index (χ0v) is 16.4. The molecule has 1 aromatic rings. The van der Waals surface area contributed by atoms with Gasteiger partial charge in [0, 0.05) is 51.3 Å². The van der Waals surface area contributed by atoms with Crippen molar-refractivity contribution in [2.24, 2.45) is 0 Å². The van der Waals surface area contributed by atoms with Gasteiger partial charge in [-0.05, 0) is 37.2 Å². The topological polar surface area (TPSA) is 73.3 Å². The highest BCUT2D eigenvalue weighted by Crippen LogP contribution is 2.38. The lowest BCUT2D eigenvalue weighted by Crippen LogP contribution is -2.58. The zero-order valence-electron chi connectivity index (χ0n) is 16.4. The molecule has 2 heterocycles. The van der Waals surface area contributed by atoms with Crippen LogP contribution in [0.4, 0.5) is 5.69 Å². The molecule has 7 heteroatoms. The molecule has 2 fully saturated rings. The third-order valence-electron chi connectivity index (χ3n) is 5.57. The monoisotopic (exact) mass is 375 g/mol. The van der Waals surface area contributed by atoms with Crippen molar-refractivity contribution in [1.29, 1.82) is 0 Å². The van der Waals surface area contributed by atoms with Crippen LogP contribution in [-0.2, 0) is 9.53 Å². The number of likely N-dealkylation sites (tertiary alicyclic amines) is 1. The highest BCUT2D eigenvalue weighted by Gasteiger charge is 2.53. The Morgan fingerprint density at radius 2 is 1.85 bits per heavy atom. The van der Waals surface area contributed by atoms with Crippen molar-refractivity contribution in [2.75, 3.05) is 45.2 Å². The van der Waals surface area contributed by atoms with Gasteiger partial charge in [-0.2, -0.15) is 0 Å². The highest BCUT2D eigenvalue weighted by atomic mass is 16.5. The summed E-state index contributed by atoms with van der Waals surface area (Å²) in [5, 5.41) is 9.66. The van der Waals surface area contributed by atoms with Gasteiger partial charge in [0.1, 0.15) is 5.72 Å². The molecule has 3 rings (SSSR count). The summed E-state index contributed by atoms with van der Waals surface area (Å²) >= 11 is 0. The van der Waals surface area contributed by atoms with Crippen molar-refractivity contribution < 1.29 is 19.4 Å². The molecule has 0 saturated carbocycles. The first-order valence-corrected chi connectivity index (χ1v) is 9.58. The Labute approximate surface area is 160 Å². The quantitative estimate of drug-likeness (QED) is 0.847. The summed E-state index contributed by atoms with van der Waals surface area (Å²) in [7, 11) is 3.87. The molecule has 1 aromatic carbocycles. The van der Waals surface area contributed by atoms with Crippen LogP contribution in [0.5, 0.6) is 0 Å². The van der Waals surface area contributed by atoms with Crippen molar-refractivity contribution in [2.45, 2.75) is 38.0 Å². The summed E-state index contributed by atoms with van der Waals surface area (Å²) in [5.74, 6) is -1.28. The number of ether oxygens (including phenoxy) is 1. The van der Waals surface area contributed by atoms with Gasteiger partial charge in [0.05, 0.1) is 6.61 Å². The molecule has 1 amide bonds. The number of anilines is 1. The summed E-state index contributed by atoms with van der Waals surface area (Å²) in [4.78, 5) is 30.9. The minimum Gasteiger partial charge on any atom is -0.480 e. The predicted octanol–water partition coefficient (Wildman–Crippen LogP) is 1.88. The summed E-state index contributed by atoms with van der Waals surface area (Å²) in [5.41, 5.74) is 0.666. The molecule has 0 aliphatic carbocycles. The number of carboxylic acid groups (broad SMARTS) is 1. The molecule has 0 bridgehead atoms. The van der Waals surface area contributed by atoms with Crippen LogP contribution in [0.2, 0.25) is 0 Å². The van der Waals surface area contributed by atoms with Gasteiger partial charge >= 0.3 is 5.97 Å². The van der Waals surface area contributed by atoms with E-state index in [0.717, 1.165) is 31.7 Å². The second-order valence-electron chi connectivity index (χ2n) is 7.57. The normalized spacial score (nSPS) is 22.2. The number of rotatable bonds is 5. The fourth-order valence-electron chi connectivity index (χ4n) is 4.04. The van der Waals surface area contributed by atoms with E-state index in [4.69, 9.17) is 4.74 Å². The lowest BCUT2D eigenvalue weighted by atomic mass is 9.96. The van der Waals surface area contributed by atoms with Gasteiger partial charge in [-0.1, -0.05) is 6.92 Å². The second kappa shape index (κ2) is 7.86. The number of carbonyl (C=O) groups is 2. The van der Waals surface area contributed by atoms with Crippen LogP contribution < -0.4 is 4.90 Å². The summed E-state index contributed by atoms with van der Waals surface area (Å²) < 4.78 is 5.99. The third kappa shape index (κ3) is 3.80. The Morgan fingerprint density at radius 3 is 2.37 bits per heavy atom. The first-order chi connectivity index (χ1) is 12.9. The maximum atomic E-state index is 13.3. The van der Waals surface area contributed by atoms with Gasteiger partial charge in [0.2, 0.25) is 0 Å². The van der Waals surface area contributed by atoms with E-state index in [1.807, 2.05) is 31.1 Å². The average Bonchev–Trinajstić information content (AvgIpc) is 3.02. The number of nitrogens with zero attached hydrogens (tertiary/aromatic N) is 3. The molecule has 27 heavy (non-hydrogen) atoms. The fraction of sp³-hybridized carbons (Fsp3) is 0.600. The molecule has 1 spiro atoms. The van der Waals surface area contributed by atoms with Crippen LogP contribution in [0.3, 0.4) is 0 Å². The highest BCUT2D eigenvalue weighted by molar-refractivity contribution is 5.97. The van der Waals surface area contributed by atoms with Gasteiger partial charge in [0.25, 0.3) is 5.91 Å². The van der Waals surface area contributed by atoms with Gasteiger partial charge < -0.3 is 19.6 Å². The summed E-state index contributed by atoms with van der Waals surface area (Å²) in [6.07, 6.45) is 2.35. The van der Waals surface area contributed by atoms with Crippen LogP contribution in [0.15, 0.2) is 24.3 Å². The lowest BCUT2D eigenvalue weighted by Gasteiger charge is -2.44. The second-order valence-corrected chi connectivity index (χ2v) is 7.57. The molecule has 2 aliphatic rings. The Bertz CT molecular complexity index is 681. The van der Waals surface area contributed by atoms with Crippen molar-refractivity contribution in [3.05, 3.63) is 29.8 Å². The molecule has 2 saturated heterocycles. The molecule has 0 radical (unpaired) electrons. The number of hydrogen-bond acceptors (Lipinski definition) is 5. The van der Waals surface area contributed by atoms with Crippen molar-refractivity contribution in [3.63, 3.8) is 0 Å². The Balaban J connectivity index is 1.85. The SMILES string of the molecule is CCCN1CCC2(CC1)OC[C@@H](C(=O)O)N2C(=O)c1ccc(N(C)C)cc1. The van der Waals surface area contributed by atoms with E-state index in [-0.39, 0.29) is 12.5 Å². The fourth-order valence-corrected chi connectivity index (χ4v) is 4.04. The van der Waals surface area contributed by atoms with E-state index in [1.165, 1.54) is 4.90 Å². The Kier molecular flexibility index (Phi) is 5.72. The largest absolute Gasteiger partial charge is 0.480 e. The number of amides is 1. The number of aliphatic carboxylic acids is 1. The van der Waals surface area contributed by atoms with E-state index in [0.29, 0.717) is 18.4 Å².